The Morgan fingerprint density at radius 1 is 1.14 bits per heavy atom. The van der Waals surface area contributed by atoms with E-state index in [4.69, 9.17) is 11.0 Å². The van der Waals surface area contributed by atoms with E-state index in [9.17, 15) is 0 Å². The lowest BCUT2D eigenvalue weighted by Crippen LogP contribution is -1.89. The van der Waals surface area contributed by atoms with E-state index < -0.39 is 0 Å². The SMILES string of the molecule is CCCc1ccc(N=Nc2c(C)cc(N)cc2C#N)cc1. The maximum Gasteiger partial charge on any atom is 0.106 e. The van der Waals surface area contributed by atoms with E-state index in [-0.39, 0.29) is 0 Å². The van der Waals surface area contributed by atoms with E-state index in [1.54, 1.807) is 12.1 Å². The highest BCUT2D eigenvalue weighted by Gasteiger charge is 2.06. The average Bonchev–Trinajstić information content (AvgIpc) is 2.47. The number of nitrogens with two attached hydrogens (primary N) is 1. The molecule has 0 aliphatic heterocycles. The molecule has 4 heteroatoms. The summed E-state index contributed by atoms with van der Waals surface area (Å²) >= 11 is 0. The summed E-state index contributed by atoms with van der Waals surface area (Å²) in [6.45, 7) is 4.02. The number of nitrogens with zero attached hydrogens (tertiary/aromatic N) is 3. The maximum atomic E-state index is 9.15. The molecule has 2 aromatic carbocycles. The molecule has 0 aliphatic rings. The van der Waals surface area contributed by atoms with Crippen molar-refractivity contribution in [2.75, 3.05) is 5.73 Å². The molecule has 0 aromatic heterocycles. The van der Waals surface area contributed by atoms with E-state index in [0.29, 0.717) is 16.9 Å². The number of benzene rings is 2. The van der Waals surface area contributed by atoms with Crippen LogP contribution in [0.5, 0.6) is 0 Å². The highest BCUT2D eigenvalue weighted by molar-refractivity contribution is 5.64. The van der Waals surface area contributed by atoms with Gasteiger partial charge in [0, 0.05) is 5.69 Å². The molecule has 0 radical (unpaired) electrons. The Labute approximate surface area is 124 Å². The van der Waals surface area contributed by atoms with Crippen LogP contribution in [0.1, 0.15) is 30.0 Å². The number of nitrogen functional groups attached to an aromatic ring is 1. The molecular formula is C17H18N4. The Bertz CT molecular complexity index is 694. The number of rotatable bonds is 4. The molecule has 0 bridgehead atoms. The summed E-state index contributed by atoms with van der Waals surface area (Å²) in [6, 6.07) is 13.5. The summed E-state index contributed by atoms with van der Waals surface area (Å²) in [5.41, 5.74) is 10.2. The van der Waals surface area contributed by atoms with Crippen molar-refractivity contribution < 1.29 is 0 Å². The van der Waals surface area contributed by atoms with E-state index >= 15 is 0 Å². The quantitative estimate of drug-likeness (QED) is 0.643. The van der Waals surface area contributed by atoms with Crippen LogP contribution in [0.4, 0.5) is 17.1 Å². The lowest BCUT2D eigenvalue weighted by Gasteiger charge is -2.03. The zero-order chi connectivity index (χ0) is 15.2. The number of hydrogen-bond donors (Lipinski definition) is 1. The molecule has 0 saturated carbocycles. The molecule has 0 aliphatic carbocycles. The Balaban J connectivity index is 2.27. The van der Waals surface area contributed by atoms with Crippen molar-refractivity contribution in [1.82, 2.24) is 0 Å². The molecule has 21 heavy (non-hydrogen) atoms. The predicted molar refractivity (Wildman–Crippen MR) is 84.9 cm³/mol. The Kier molecular flexibility index (Phi) is 4.68. The van der Waals surface area contributed by atoms with Crippen LogP contribution in [0.3, 0.4) is 0 Å². The lowest BCUT2D eigenvalue weighted by atomic mass is 10.1. The number of aryl methyl sites for hydroxylation is 2. The minimum absolute atomic E-state index is 0.443. The highest BCUT2D eigenvalue weighted by atomic mass is 15.1. The first-order valence-electron chi connectivity index (χ1n) is 6.95. The van der Waals surface area contributed by atoms with Gasteiger partial charge in [-0.05, 0) is 48.7 Å². The van der Waals surface area contributed by atoms with Crippen LogP contribution in [0.2, 0.25) is 0 Å². The fourth-order valence-corrected chi connectivity index (χ4v) is 2.15. The molecule has 0 heterocycles. The van der Waals surface area contributed by atoms with Gasteiger partial charge >= 0.3 is 0 Å². The van der Waals surface area contributed by atoms with Gasteiger partial charge in [0.2, 0.25) is 0 Å². The van der Waals surface area contributed by atoms with Crippen LogP contribution in [0, 0.1) is 18.3 Å². The van der Waals surface area contributed by atoms with Gasteiger partial charge in [0.25, 0.3) is 0 Å². The summed E-state index contributed by atoms with van der Waals surface area (Å²) in [7, 11) is 0. The molecule has 0 unspecified atom stereocenters. The molecular weight excluding hydrogens is 260 g/mol. The van der Waals surface area contributed by atoms with Gasteiger partial charge in [-0.15, -0.1) is 5.11 Å². The molecule has 2 N–H and O–H groups in total. The Hall–Kier alpha value is -2.67. The normalized spacial score (nSPS) is 10.7. The molecule has 2 rings (SSSR count). The number of azo groups is 1. The second-order valence-corrected chi connectivity index (χ2v) is 4.96. The summed E-state index contributed by atoms with van der Waals surface area (Å²) in [5.74, 6) is 0. The fraction of sp³-hybridized carbons (Fsp3) is 0.235. The minimum Gasteiger partial charge on any atom is -0.399 e. The standard InChI is InChI=1S/C17H18N4/c1-3-4-13-5-7-16(8-6-13)20-21-17-12(2)9-15(19)10-14(17)11-18/h5-10H,3-4,19H2,1-2H3. The van der Waals surface area contributed by atoms with Gasteiger partial charge in [-0.25, -0.2) is 0 Å². The van der Waals surface area contributed by atoms with Gasteiger partial charge in [0.1, 0.15) is 11.8 Å². The topological polar surface area (TPSA) is 74.5 Å². The smallest absolute Gasteiger partial charge is 0.106 e. The van der Waals surface area contributed by atoms with Crippen molar-refractivity contribution in [3.05, 3.63) is 53.1 Å². The Morgan fingerprint density at radius 2 is 1.86 bits per heavy atom. The second kappa shape index (κ2) is 6.67. The van der Waals surface area contributed by atoms with Crippen LogP contribution in [-0.4, -0.2) is 0 Å². The van der Waals surface area contributed by atoms with Crippen LogP contribution < -0.4 is 5.73 Å². The third kappa shape index (κ3) is 3.67. The maximum absolute atomic E-state index is 9.15. The van der Waals surface area contributed by atoms with E-state index in [0.717, 1.165) is 24.1 Å². The summed E-state index contributed by atoms with van der Waals surface area (Å²) in [5, 5.41) is 17.6. The van der Waals surface area contributed by atoms with Gasteiger partial charge in [-0.3, -0.25) is 0 Å². The third-order valence-corrected chi connectivity index (χ3v) is 3.18. The number of anilines is 1. The van der Waals surface area contributed by atoms with Gasteiger partial charge in [-0.2, -0.15) is 10.4 Å². The second-order valence-electron chi connectivity index (χ2n) is 4.96. The lowest BCUT2D eigenvalue weighted by molar-refractivity contribution is 0.922. The monoisotopic (exact) mass is 278 g/mol. The van der Waals surface area contributed by atoms with Crippen molar-refractivity contribution >= 4 is 17.1 Å². The molecule has 0 amide bonds. The van der Waals surface area contributed by atoms with Crippen molar-refractivity contribution in [2.24, 2.45) is 10.2 Å². The Morgan fingerprint density at radius 3 is 2.48 bits per heavy atom. The number of hydrogen-bond acceptors (Lipinski definition) is 4. The van der Waals surface area contributed by atoms with Crippen LogP contribution >= 0.6 is 0 Å². The third-order valence-electron chi connectivity index (χ3n) is 3.18. The molecule has 0 spiro atoms. The first-order chi connectivity index (χ1) is 10.1. The molecule has 0 saturated heterocycles. The summed E-state index contributed by atoms with van der Waals surface area (Å²) in [6.07, 6.45) is 2.18. The zero-order valence-electron chi connectivity index (χ0n) is 12.3. The van der Waals surface area contributed by atoms with Gasteiger partial charge in [0.05, 0.1) is 11.3 Å². The summed E-state index contributed by atoms with van der Waals surface area (Å²) < 4.78 is 0. The van der Waals surface area contributed by atoms with Crippen molar-refractivity contribution in [3.63, 3.8) is 0 Å². The summed E-state index contributed by atoms with van der Waals surface area (Å²) in [4.78, 5) is 0. The van der Waals surface area contributed by atoms with Crippen molar-refractivity contribution in [3.8, 4) is 6.07 Å². The van der Waals surface area contributed by atoms with Crippen molar-refractivity contribution in [2.45, 2.75) is 26.7 Å². The van der Waals surface area contributed by atoms with Crippen LogP contribution in [-0.2, 0) is 6.42 Å². The largest absolute Gasteiger partial charge is 0.399 e. The van der Waals surface area contributed by atoms with E-state index in [1.165, 1.54) is 5.56 Å². The van der Waals surface area contributed by atoms with Crippen molar-refractivity contribution in [1.29, 1.82) is 5.26 Å². The molecule has 4 nitrogen and oxygen atoms in total. The number of nitriles is 1. The molecule has 0 fully saturated rings. The predicted octanol–water partition coefficient (Wildman–Crippen LogP) is 4.82. The first-order valence-corrected chi connectivity index (χ1v) is 6.95. The fourth-order valence-electron chi connectivity index (χ4n) is 2.15. The molecule has 106 valence electrons. The first kappa shape index (κ1) is 14.7. The molecule has 2 aromatic rings. The van der Waals surface area contributed by atoms with Crippen LogP contribution in [0.25, 0.3) is 0 Å². The van der Waals surface area contributed by atoms with E-state index in [2.05, 4.69) is 35.4 Å². The minimum atomic E-state index is 0.443. The molecule has 0 atom stereocenters. The van der Waals surface area contributed by atoms with Gasteiger partial charge < -0.3 is 5.73 Å². The van der Waals surface area contributed by atoms with E-state index in [1.807, 2.05) is 19.1 Å². The average molecular weight is 278 g/mol. The van der Waals surface area contributed by atoms with Gasteiger partial charge in [0.15, 0.2) is 0 Å². The van der Waals surface area contributed by atoms with Gasteiger partial charge in [-0.1, -0.05) is 25.5 Å². The zero-order valence-corrected chi connectivity index (χ0v) is 12.3. The van der Waals surface area contributed by atoms with Crippen LogP contribution in [0.15, 0.2) is 46.6 Å². The highest BCUT2D eigenvalue weighted by Crippen LogP contribution is 2.28.